The van der Waals surface area contributed by atoms with Crippen LogP contribution in [0, 0.1) is 0 Å². The molecule has 2 aliphatic heterocycles. The smallest absolute Gasteiger partial charge is 0.247 e. The van der Waals surface area contributed by atoms with Crippen molar-refractivity contribution in [1.82, 2.24) is 19.8 Å². The number of amides is 2. The van der Waals surface area contributed by atoms with Crippen molar-refractivity contribution in [3.8, 4) is 0 Å². The van der Waals surface area contributed by atoms with E-state index in [0.29, 0.717) is 25.6 Å². The maximum Gasteiger partial charge on any atom is 0.247 e. The molecule has 118 valence electrons. The topological polar surface area (TPSA) is 69.6 Å². The first kappa shape index (κ1) is 14.7. The second kappa shape index (κ2) is 5.55. The highest BCUT2D eigenvalue weighted by atomic mass is 16.2. The first-order valence-corrected chi connectivity index (χ1v) is 7.58. The van der Waals surface area contributed by atoms with E-state index < -0.39 is 6.04 Å². The van der Waals surface area contributed by atoms with Gasteiger partial charge in [0.15, 0.2) is 0 Å². The lowest BCUT2D eigenvalue weighted by Gasteiger charge is -2.45. The Morgan fingerprint density at radius 3 is 2.73 bits per heavy atom. The molecule has 2 saturated heterocycles. The molecule has 0 bridgehead atoms. The number of nitrogens with zero attached hydrogens (tertiary/aromatic N) is 5. The molecule has 1 aromatic rings. The van der Waals surface area contributed by atoms with Gasteiger partial charge in [-0.15, -0.1) is 0 Å². The van der Waals surface area contributed by atoms with Crippen molar-refractivity contribution in [1.29, 1.82) is 0 Å². The van der Waals surface area contributed by atoms with Gasteiger partial charge < -0.3 is 14.7 Å². The zero-order chi connectivity index (χ0) is 15.9. The van der Waals surface area contributed by atoms with Crippen molar-refractivity contribution in [3.05, 3.63) is 18.1 Å². The number of fused-ring (bicyclic) bond motifs is 1. The molecule has 2 amide bonds. The Hall–Kier alpha value is -2.18. The number of anilines is 1. The summed E-state index contributed by atoms with van der Waals surface area (Å²) >= 11 is 0. The summed E-state index contributed by atoms with van der Waals surface area (Å²) in [4.78, 5) is 38.3. The van der Waals surface area contributed by atoms with Crippen LogP contribution in [0.2, 0.25) is 0 Å². The molecule has 1 aromatic heterocycles. The number of hydrogen-bond donors (Lipinski definition) is 0. The summed E-state index contributed by atoms with van der Waals surface area (Å²) in [6.07, 6.45) is 1.57. The fourth-order valence-corrected chi connectivity index (χ4v) is 2.98. The Balaban J connectivity index is 1.82. The SMILES string of the molecule is CC(C)c1cc(N2CCN3C(=O)CN(C)C(=O)[C@@H]3C2)ncn1. The second-order valence-electron chi connectivity index (χ2n) is 6.20. The van der Waals surface area contributed by atoms with Crippen LogP contribution in [0.3, 0.4) is 0 Å². The summed E-state index contributed by atoms with van der Waals surface area (Å²) in [5.41, 5.74) is 0.982. The van der Waals surface area contributed by atoms with Crippen molar-refractivity contribution in [2.75, 3.05) is 38.1 Å². The van der Waals surface area contributed by atoms with E-state index >= 15 is 0 Å². The standard InChI is InChI=1S/C15H21N5O2/c1-10(2)11-6-13(17-9-16-11)19-4-5-20-12(7-19)15(22)18(3)8-14(20)21/h6,9-10,12H,4-5,7-8H2,1-3H3/t12-/m0/s1. The fraction of sp³-hybridized carbons (Fsp3) is 0.600. The Labute approximate surface area is 129 Å². The van der Waals surface area contributed by atoms with Gasteiger partial charge in [0.05, 0.1) is 6.54 Å². The van der Waals surface area contributed by atoms with E-state index in [2.05, 4.69) is 28.7 Å². The van der Waals surface area contributed by atoms with E-state index in [9.17, 15) is 9.59 Å². The third-order valence-corrected chi connectivity index (χ3v) is 4.32. The van der Waals surface area contributed by atoms with E-state index in [0.717, 1.165) is 11.5 Å². The Morgan fingerprint density at radius 2 is 2.00 bits per heavy atom. The lowest BCUT2D eigenvalue weighted by molar-refractivity contribution is -0.154. The van der Waals surface area contributed by atoms with Crippen molar-refractivity contribution in [3.63, 3.8) is 0 Å². The van der Waals surface area contributed by atoms with Crippen LogP contribution in [0.5, 0.6) is 0 Å². The predicted octanol–water partition coefficient (Wildman–Crippen LogP) is 0.0892. The lowest BCUT2D eigenvalue weighted by atomic mass is 10.1. The number of rotatable bonds is 2. The number of piperazine rings is 2. The van der Waals surface area contributed by atoms with Gasteiger partial charge >= 0.3 is 0 Å². The second-order valence-corrected chi connectivity index (χ2v) is 6.20. The zero-order valence-electron chi connectivity index (χ0n) is 13.2. The highest BCUT2D eigenvalue weighted by Gasteiger charge is 2.41. The van der Waals surface area contributed by atoms with Crippen LogP contribution in [-0.4, -0.2) is 70.9 Å². The van der Waals surface area contributed by atoms with Gasteiger partial charge in [0.2, 0.25) is 11.8 Å². The molecule has 0 unspecified atom stereocenters. The fourth-order valence-electron chi connectivity index (χ4n) is 2.98. The molecule has 0 radical (unpaired) electrons. The monoisotopic (exact) mass is 303 g/mol. The number of likely N-dealkylation sites (N-methyl/N-ethyl adjacent to an activating group) is 1. The summed E-state index contributed by atoms with van der Waals surface area (Å²) in [5.74, 6) is 1.18. The van der Waals surface area contributed by atoms with E-state index in [1.54, 1.807) is 18.3 Å². The van der Waals surface area contributed by atoms with Crippen molar-refractivity contribution in [2.24, 2.45) is 0 Å². The number of aromatic nitrogens is 2. The Bertz CT molecular complexity index is 603. The Kier molecular flexibility index (Phi) is 3.72. The highest BCUT2D eigenvalue weighted by molar-refractivity contribution is 5.95. The van der Waals surface area contributed by atoms with Crippen LogP contribution >= 0.6 is 0 Å². The average Bonchev–Trinajstić information content (AvgIpc) is 2.52. The molecule has 22 heavy (non-hydrogen) atoms. The van der Waals surface area contributed by atoms with Gasteiger partial charge in [0.25, 0.3) is 0 Å². The molecule has 7 heteroatoms. The molecule has 3 rings (SSSR count). The van der Waals surface area contributed by atoms with Crippen LogP contribution in [0.4, 0.5) is 5.82 Å². The third kappa shape index (κ3) is 2.51. The molecular weight excluding hydrogens is 282 g/mol. The van der Waals surface area contributed by atoms with Gasteiger partial charge in [-0.05, 0) is 5.92 Å². The summed E-state index contributed by atoms with van der Waals surface area (Å²) in [6.45, 7) is 6.09. The predicted molar refractivity (Wildman–Crippen MR) is 81.5 cm³/mol. The van der Waals surface area contributed by atoms with E-state index in [1.165, 1.54) is 4.90 Å². The van der Waals surface area contributed by atoms with E-state index in [4.69, 9.17) is 0 Å². The molecule has 7 nitrogen and oxygen atoms in total. The van der Waals surface area contributed by atoms with Gasteiger partial charge in [0, 0.05) is 38.4 Å². The average molecular weight is 303 g/mol. The molecular formula is C15H21N5O2. The van der Waals surface area contributed by atoms with Gasteiger partial charge in [0.1, 0.15) is 18.2 Å². The van der Waals surface area contributed by atoms with Gasteiger partial charge in [-0.1, -0.05) is 13.8 Å². The number of carbonyl (C=O) groups is 2. The largest absolute Gasteiger partial charge is 0.352 e. The highest BCUT2D eigenvalue weighted by Crippen LogP contribution is 2.22. The van der Waals surface area contributed by atoms with Crippen molar-refractivity contribution >= 4 is 17.6 Å². The maximum absolute atomic E-state index is 12.3. The lowest BCUT2D eigenvalue weighted by Crippen LogP contribution is -2.66. The van der Waals surface area contributed by atoms with Crippen LogP contribution in [0.15, 0.2) is 12.4 Å². The molecule has 0 spiro atoms. The quantitative estimate of drug-likeness (QED) is 0.774. The third-order valence-electron chi connectivity index (χ3n) is 4.32. The molecule has 1 atom stereocenters. The van der Waals surface area contributed by atoms with Gasteiger partial charge in [-0.25, -0.2) is 9.97 Å². The molecule has 0 N–H and O–H groups in total. The van der Waals surface area contributed by atoms with E-state index in [1.807, 2.05) is 6.07 Å². The van der Waals surface area contributed by atoms with Gasteiger partial charge in [-0.3, -0.25) is 9.59 Å². The van der Waals surface area contributed by atoms with E-state index in [-0.39, 0.29) is 18.4 Å². The van der Waals surface area contributed by atoms with Gasteiger partial charge in [-0.2, -0.15) is 0 Å². The van der Waals surface area contributed by atoms with Crippen LogP contribution in [0.25, 0.3) is 0 Å². The van der Waals surface area contributed by atoms with Crippen LogP contribution in [-0.2, 0) is 9.59 Å². The number of carbonyl (C=O) groups excluding carboxylic acids is 2. The molecule has 3 heterocycles. The van der Waals surface area contributed by atoms with Crippen LogP contribution in [0.1, 0.15) is 25.5 Å². The molecule has 2 aliphatic rings. The minimum absolute atomic E-state index is 0.00226. The summed E-state index contributed by atoms with van der Waals surface area (Å²) in [7, 11) is 1.68. The normalized spacial score (nSPS) is 22.4. The van der Waals surface area contributed by atoms with Crippen molar-refractivity contribution < 1.29 is 9.59 Å². The molecule has 0 saturated carbocycles. The zero-order valence-corrected chi connectivity index (χ0v) is 13.2. The summed E-state index contributed by atoms with van der Waals surface area (Å²) in [6, 6.07) is 1.57. The summed E-state index contributed by atoms with van der Waals surface area (Å²) in [5, 5.41) is 0. The first-order chi connectivity index (χ1) is 10.5. The Morgan fingerprint density at radius 1 is 1.23 bits per heavy atom. The first-order valence-electron chi connectivity index (χ1n) is 7.58. The number of hydrogen-bond acceptors (Lipinski definition) is 5. The minimum atomic E-state index is -0.405. The molecule has 2 fully saturated rings. The summed E-state index contributed by atoms with van der Waals surface area (Å²) < 4.78 is 0. The molecule has 0 aliphatic carbocycles. The van der Waals surface area contributed by atoms with Crippen molar-refractivity contribution in [2.45, 2.75) is 25.8 Å². The maximum atomic E-state index is 12.3. The van der Waals surface area contributed by atoms with Crippen LogP contribution < -0.4 is 4.90 Å². The minimum Gasteiger partial charge on any atom is -0.352 e. The molecule has 0 aromatic carbocycles.